The molecule has 1 aromatic rings. The third-order valence-electron chi connectivity index (χ3n) is 5.55. The monoisotopic (exact) mass is 297 g/mol. The maximum Gasteiger partial charge on any atom is 0.387 e. The normalized spacial score (nSPS) is 21.3. The van der Waals surface area contributed by atoms with Gasteiger partial charge < -0.3 is 10.1 Å². The van der Waals surface area contributed by atoms with Gasteiger partial charge in [-0.25, -0.2) is 0 Å². The standard InChI is InChI=1S/C17H25F2NO/c1-11(20-10-14-16(2,3)17(14,4)5)12-8-6-7-9-13(12)21-15(18)19/h6-9,11,14-15,20H,10H2,1-5H3. The highest BCUT2D eigenvalue weighted by molar-refractivity contribution is 5.35. The average Bonchev–Trinajstić information content (AvgIpc) is 2.76. The van der Waals surface area contributed by atoms with Crippen molar-refractivity contribution in [2.45, 2.75) is 47.3 Å². The lowest BCUT2D eigenvalue weighted by Gasteiger charge is -2.18. The Hall–Kier alpha value is -1.16. The summed E-state index contributed by atoms with van der Waals surface area (Å²) in [6.07, 6.45) is 0. The van der Waals surface area contributed by atoms with E-state index in [1.54, 1.807) is 12.1 Å². The second-order valence-corrected chi connectivity index (χ2v) is 7.04. The fourth-order valence-corrected chi connectivity index (χ4v) is 3.29. The molecular weight excluding hydrogens is 272 g/mol. The number of ether oxygens (including phenoxy) is 1. The van der Waals surface area contributed by atoms with Gasteiger partial charge >= 0.3 is 6.61 Å². The lowest BCUT2D eigenvalue weighted by Crippen LogP contribution is -2.23. The van der Waals surface area contributed by atoms with Crippen molar-refractivity contribution in [3.8, 4) is 5.75 Å². The van der Waals surface area contributed by atoms with Crippen molar-refractivity contribution in [2.75, 3.05) is 6.54 Å². The van der Waals surface area contributed by atoms with Crippen LogP contribution in [0.1, 0.15) is 46.2 Å². The molecule has 1 aliphatic carbocycles. The van der Waals surface area contributed by atoms with Gasteiger partial charge in [0.2, 0.25) is 0 Å². The number of hydrogen-bond donors (Lipinski definition) is 1. The lowest BCUT2D eigenvalue weighted by molar-refractivity contribution is -0.0506. The van der Waals surface area contributed by atoms with Gasteiger partial charge in [-0.3, -0.25) is 0 Å². The predicted molar refractivity (Wildman–Crippen MR) is 80.5 cm³/mol. The van der Waals surface area contributed by atoms with Gasteiger partial charge in [0.05, 0.1) is 0 Å². The van der Waals surface area contributed by atoms with Crippen LogP contribution in [0.2, 0.25) is 0 Å². The minimum Gasteiger partial charge on any atom is -0.434 e. The number of halogens is 2. The van der Waals surface area contributed by atoms with Crippen LogP contribution in [-0.4, -0.2) is 13.2 Å². The molecule has 1 N–H and O–H groups in total. The summed E-state index contributed by atoms with van der Waals surface area (Å²) in [6.45, 7) is 9.17. The van der Waals surface area contributed by atoms with Gasteiger partial charge in [-0.05, 0) is 36.3 Å². The third kappa shape index (κ3) is 3.05. The van der Waals surface area contributed by atoms with E-state index in [-0.39, 0.29) is 11.8 Å². The molecule has 0 radical (unpaired) electrons. The van der Waals surface area contributed by atoms with Crippen LogP contribution in [-0.2, 0) is 0 Å². The molecule has 2 rings (SSSR count). The topological polar surface area (TPSA) is 21.3 Å². The molecule has 1 saturated carbocycles. The van der Waals surface area contributed by atoms with Gasteiger partial charge in [-0.2, -0.15) is 8.78 Å². The van der Waals surface area contributed by atoms with Crippen LogP contribution in [0.3, 0.4) is 0 Å². The molecule has 0 saturated heterocycles. The van der Waals surface area contributed by atoms with Crippen molar-refractivity contribution in [1.29, 1.82) is 0 Å². The Kier molecular flexibility index (Phi) is 4.29. The highest BCUT2D eigenvalue weighted by Crippen LogP contribution is 2.68. The fraction of sp³-hybridized carbons (Fsp3) is 0.647. The molecule has 1 aromatic carbocycles. The largest absolute Gasteiger partial charge is 0.434 e. The van der Waals surface area contributed by atoms with Gasteiger partial charge in [0, 0.05) is 11.6 Å². The van der Waals surface area contributed by atoms with E-state index in [1.807, 2.05) is 19.1 Å². The summed E-state index contributed by atoms with van der Waals surface area (Å²) < 4.78 is 29.5. The number of rotatable bonds is 6. The molecule has 1 fully saturated rings. The SMILES string of the molecule is CC(NCC1C(C)(C)C1(C)C)c1ccccc1OC(F)F. The average molecular weight is 297 g/mol. The first-order valence-electron chi connectivity index (χ1n) is 7.45. The van der Waals surface area contributed by atoms with Crippen molar-refractivity contribution in [3.05, 3.63) is 29.8 Å². The molecule has 1 aliphatic rings. The molecule has 0 heterocycles. The molecule has 4 heteroatoms. The first-order chi connectivity index (χ1) is 9.68. The van der Waals surface area contributed by atoms with E-state index < -0.39 is 6.61 Å². The Bertz CT molecular complexity index is 485. The predicted octanol–water partition coefficient (Wildman–Crippen LogP) is 4.62. The summed E-state index contributed by atoms with van der Waals surface area (Å²) in [5.74, 6) is 0.845. The van der Waals surface area contributed by atoms with E-state index in [9.17, 15) is 8.78 Å². The molecule has 21 heavy (non-hydrogen) atoms. The number of nitrogens with one attached hydrogen (secondary N) is 1. The summed E-state index contributed by atoms with van der Waals surface area (Å²) in [6, 6.07) is 6.95. The van der Waals surface area contributed by atoms with Crippen LogP contribution in [0, 0.1) is 16.7 Å². The van der Waals surface area contributed by atoms with Gasteiger partial charge in [-0.1, -0.05) is 45.9 Å². The Morgan fingerprint density at radius 2 is 1.71 bits per heavy atom. The molecule has 1 unspecified atom stereocenters. The minimum absolute atomic E-state index is 0.0212. The van der Waals surface area contributed by atoms with Crippen molar-refractivity contribution in [1.82, 2.24) is 5.32 Å². The van der Waals surface area contributed by atoms with Crippen LogP contribution in [0.4, 0.5) is 8.78 Å². The Balaban J connectivity index is 2.00. The molecule has 1 atom stereocenters. The van der Waals surface area contributed by atoms with Crippen LogP contribution < -0.4 is 10.1 Å². The van der Waals surface area contributed by atoms with E-state index in [2.05, 4.69) is 37.7 Å². The summed E-state index contributed by atoms with van der Waals surface area (Å²) in [5.41, 5.74) is 1.41. The van der Waals surface area contributed by atoms with Crippen molar-refractivity contribution >= 4 is 0 Å². The zero-order chi connectivity index (χ0) is 15.8. The number of para-hydroxylation sites is 1. The maximum absolute atomic E-state index is 12.4. The summed E-state index contributed by atoms with van der Waals surface area (Å²) in [7, 11) is 0. The molecule has 0 spiro atoms. The molecule has 0 amide bonds. The minimum atomic E-state index is -2.79. The van der Waals surface area contributed by atoms with Crippen LogP contribution in [0.15, 0.2) is 24.3 Å². The molecule has 0 aromatic heterocycles. The fourth-order valence-electron chi connectivity index (χ4n) is 3.29. The Morgan fingerprint density at radius 1 is 1.14 bits per heavy atom. The van der Waals surface area contributed by atoms with E-state index in [0.29, 0.717) is 16.7 Å². The number of hydrogen-bond acceptors (Lipinski definition) is 2. The molecule has 0 aliphatic heterocycles. The molecule has 118 valence electrons. The van der Waals surface area contributed by atoms with Gasteiger partial charge in [0.1, 0.15) is 5.75 Å². The maximum atomic E-state index is 12.4. The van der Waals surface area contributed by atoms with E-state index in [4.69, 9.17) is 0 Å². The van der Waals surface area contributed by atoms with Crippen molar-refractivity contribution in [2.24, 2.45) is 16.7 Å². The third-order valence-corrected chi connectivity index (χ3v) is 5.55. The second-order valence-electron chi connectivity index (χ2n) is 7.04. The molecule has 0 bridgehead atoms. The number of benzene rings is 1. The molecule has 2 nitrogen and oxygen atoms in total. The van der Waals surface area contributed by atoms with E-state index in [1.165, 1.54) is 0 Å². The lowest BCUT2D eigenvalue weighted by atomic mass is 10.0. The van der Waals surface area contributed by atoms with E-state index in [0.717, 1.165) is 12.1 Å². The zero-order valence-electron chi connectivity index (χ0n) is 13.4. The van der Waals surface area contributed by atoms with Gasteiger partial charge in [-0.15, -0.1) is 0 Å². The smallest absolute Gasteiger partial charge is 0.387 e. The van der Waals surface area contributed by atoms with Crippen LogP contribution in [0.25, 0.3) is 0 Å². The zero-order valence-corrected chi connectivity index (χ0v) is 13.4. The summed E-state index contributed by atoms with van der Waals surface area (Å²) in [4.78, 5) is 0. The van der Waals surface area contributed by atoms with Crippen molar-refractivity contribution in [3.63, 3.8) is 0 Å². The quantitative estimate of drug-likeness (QED) is 0.827. The van der Waals surface area contributed by atoms with Gasteiger partial charge in [0.15, 0.2) is 0 Å². The summed E-state index contributed by atoms with van der Waals surface area (Å²) >= 11 is 0. The van der Waals surface area contributed by atoms with Crippen LogP contribution >= 0.6 is 0 Å². The highest BCUT2D eigenvalue weighted by Gasteiger charge is 2.63. The first kappa shape index (κ1) is 16.2. The molecular formula is C17H25F2NO. The summed E-state index contributed by atoms with van der Waals surface area (Å²) in [5, 5.41) is 3.46. The van der Waals surface area contributed by atoms with Gasteiger partial charge in [0.25, 0.3) is 0 Å². The Morgan fingerprint density at radius 3 is 2.24 bits per heavy atom. The van der Waals surface area contributed by atoms with E-state index >= 15 is 0 Å². The Labute approximate surface area is 125 Å². The first-order valence-corrected chi connectivity index (χ1v) is 7.45. The van der Waals surface area contributed by atoms with Crippen molar-refractivity contribution < 1.29 is 13.5 Å². The number of alkyl halides is 2. The highest BCUT2D eigenvalue weighted by atomic mass is 19.3. The second kappa shape index (κ2) is 5.56. The van der Waals surface area contributed by atoms with Crippen LogP contribution in [0.5, 0.6) is 5.75 Å².